The van der Waals surface area contributed by atoms with Crippen LogP contribution in [0.3, 0.4) is 0 Å². The molecule has 0 aromatic carbocycles. The summed E-state index contributed by atoms with van der Waals surface area (Å²) >= 11 is 0. The van der Waals surface area contributed by atoms with E-state index < -0.39 is 0 Å². The van der Waals surface area contributed by atoms with Gasteiger partial charge < -0.3 is 0 Å². The molecule has 0 aromatic heterocycles. The lowest BCUT2D eigenvalue weighted by molar-refractivity contribution is 0.760. The van der Waals surface area contributed by atoms with Crippen LogP contribution < -0.4 is 0 Å². The number of hydrogen-bond donors (Lipinski definition) is 0. The van der Waals surface area contributed by atoms with Crippen molar-refractivity contribution in [2.75, 3.05) is 0 Å². The third-order valence-corrected chi connectivity index (χ3v) is 2.42. The summed E-state index contributed by atoms with van der Waals surface area (Å²) in [7, 11) is 0. The third kappa shape index (κ3) is 15.0. The van der Waals surface area contributed by atoms with E-state index in [0.717, 1.165) is 6.42 Å². The Morgan fingerprint density at radius 1 is 0.706 bits per heavy atom. The maximum absolute atomic E-state index is 3.83. The Kier molecular flexibility index (Phi) is 14.0. The Morgan fingerprint density at radius 3 is 1.76 bits per heavy atom. The fraction of sp³-hybridized carbons (Fsp3) is 0.471. The first-order chi connectivity index (χ1) is 8.41. The highest BCUT2D eigenvalue weighted by Gasteiger charge is 1.79. The van der Waals surface area contributed by atoms with Crippen molar-refractivity contribution in [3.8, 4) is 0 Å². The lowest BCUT2D eigenvalue weighted by atomic mass is 10.2. The highest BCUT2D eigenvalue weighted by atomic mass is 13.9. The fourth-order valence-electron chi connectivity index (χ4n) is 1.37. The summed E-state index contributed by atoms with van der Waals surface area (Å²) < 4.78 is 0. The van der Waals surface area contributed by atoms with Crippen LogP contribution in [0.5, 0.6) is 0 Å². The van der Waals surface area contributed by atoms with Crippen molar-refractivity contribution < 1.29 is 0 Å². The molecule has 0 saturated carbocycles. The summed E-state index contributed by atoms with van der Waals surface area (Å²) in [4.78, 5) is 0. The molecule has 0 atom stereocenters. The van der Waals surface area contributed by atoms with Crippen LogP contribution in [0.1, 0.15) is 51.9 Å². The normalized spacial score (nSPS) is 12.8. The van der Waals surface area contributed by atoms with E-state index in [2.05, 4.69) is 62.5 Å². The van der Waals surface area contributed by atoms with Crippen molar-refractivity contribution in [2.24, 2.45) is 0 Å². The van der Waals surface area contributed by atoms with Gasteiger partial charge in [0, 0.05) is 0 Å². The molecule has 0 spiro atoms. The molecule has 0 aliphatic rings. The second kappa shape index (κ2) is 15.0. The first kappa shape index (κ1) is 16.0. The zero-order chi connectivity index (χ0) is 12.6. The van der Waals surface area contributed by atoms with Gasteiger partial charge in [0.15, 0.2) is 0 Å². The van der Waals surface area contributed by atoms with Crippen molar-refractivity contribution >= 4 is 0 Å². The standard InChI is InChI=1S/C17H27/c1-3-5-7-9-11-13-15-17-16-14-12-10-8-6-4-2/h10-17H,1,3-9H2,2H3/b12-10+,13-11+,16-14+,17-15+. The highest BCUT2D eigenvalue weighted by Crippen LogP contribution is 1.99. The molecule has 0 aliphatic carbocycles. The van der Waals surface area contributed by atoms with Gasteiger partial charge in [0.25, 0.3) is 0 Å². The Labute approximate surface area is 108 Å². The van der Waals surface area contributed by atoms with Gasteiger partial charge >= 0.3 is 0 Å². The molecule has 0 fully saturated rings. The lowest BCUT2D eigenvalue weighted by Crippen LogP contribution is -1.69. The Balaban J connectivity index is 3.45. The summed E-state index contributed by atoms with van der Waals surface area (Å²) in [6.07, 6.45) is 25.5. The molecule has 1 radical (unpaired) electrons. The molecule has 0 rings (SSSR count). The minimum absolute atomic E-state index is 1.05. The van der Waals surface area contributed by atoms with Crippen LogP contribution in [-0.4, -0.2) is 0 Å². The smallest absolute Gasteiger partial charge is 0.0348 e. The second-order valence-corrected chi connectivity index (χ2v) is 4.12. The molecule has 0 aliphatic heterocycles. The number of allylic oxidation sites excluding steroid dienone is 8. The molecule has 0 amide bonds. The van der Waals surface area contributed by atoms with E-state index in [0.29, 0.717) is 0 Å². The molecular weight excluding hydrogens is 204 g/mol. The molecule has 17 heavy (non-hydrogen) atoms. The van der Waals surface area contributed by atoms with Crippen LogP contribution >= 0.6 is 0 Å². The number of hydrogen-bond acceptors (Lipinski definition) is 0. The number of rotatable bonds is 10. The van der Waals surface area contributed by atoms with E-state index in [4.69, 9.17) is 0 Å². The summed E-state index contributed by atoms with van der Waals surface area (Å²) in [5.74, 6) is 0. The predicted molar refractivity (Wildman–Crippen MR) is 79.9 cm³/mol. The Bertz CT molecular complexity index is 241. The Morgan fingerprint density at radius 2 is 1.24 bits per heavy atom. The van der Waals surface area contributed by atoms with E-state index in [9.17, 15) is 0 Å². The number of unbranched alkanes of at least 4 members (excludes halogenated alkanes) is 5. The molecule has 0 heteroatoms. The van der Waals surface area contributed by atoms with Crippen LogP contribution in [0.4, 0.5) is 0 Å². The monoisotopic (exact) mass is 231 g/mol. The van der Waals surface area contributed by atoms with Crippen LogP contribution in [-0.2, 0) is 0 Å². The quantitative estimate of drug-likeness (QED) is 0.329. The average molecular weight is 231 g/mol. The van der Waals surface area contributed by atoms with Gasteiger partial charge in [-0.3, -0.25) is 0 Å². The lowest BCUT2D eigenvalue weighted by Gasteiger charge is -1.89. The van der Waals surface area contributed by atoms with Gasteiger partial charge in [-0.2, -0.15) is 0 Å². The summed E-state index contributed by atoms with van der Waals surface area (Å²) in [5.41, 5.74) is 0. The molecule has 0 unspecified atom stereocenters. The summed E-state index contributed by atoms with van der Waals surface area (Å²) in [6.45, 7) is 6.04. The molecule has 0 N–H and O–H groups in total. The van der Waals surface area contributed by atoms with Gasteiger partial charge in [0.1, 0.15) is 0 Å². The minimum Gasteiger partial charge on any atom is -0.0845 e. The largest absolute Gasteiger partial charge is 0.0845 e. The van der Waals surface area contributed by atoms with E-state index >= 15 is 0 Å². The maximum Gasteiger partial charge on any atom is -0.0348 e. The molecule has 95 valence electrons. The average Bonchev–Trinajstić information content (AvgIpc) is 2.35. The SMILES string of the molecule is [CH2]CCCC/C=C/C=C/C=C/C=C/CCCC. The summed E-state index contributed by atoms with van der Waals surface area (Å²) in [6, 6.07) is 0. The van der Waals surface area contributed by atoms with Gasteiger partial charge in [0.05, 0.1) is 0 Å². The predicted octanol–water partition coefficient (Wildman–Crippen LogP) is 5.80. The van der Waals surface area contributed by atoms with Crippen LogP contribution in [0.15, 0.2) is 48.6 Å². The van der Waals surface area contributed by atoms with Crippen molar-refractivity contribution in [3.63, 3.8) is 0 Å². The van der Waals surface area contributed by atoms with Gasteiger partial charge in [0.2, 0.25) is 0 Å². The van der Waals surface area contributed by atoms with Crippen molar-refractivity contribution in [1.82, 2.24) is 0 Å². The van der Waals surface area contributed by atoms with Crippen LogP contribution in [0.25, 0.3) is 0 Å². The minimum atomic E-state index is 1.05. The fourth-order valence-corrected chi connectivity index (χ4v) is 1.37. The van der Waals surface area contributed by atoms with Gasteiger partial charge in [-0.1, -0.05) is 88.1 Å². The van der Waals surface area contributed by atoms with E-state index in [1.807, 2.05) is 0 Å². The summed E-state index contributed by atoms with van der Waals surface area (Å²) in [5, 5.41) is 0. The van der Waals surface area contributed by atoms with Crippen molar-refractivity contribution in [3.05, 3.63) is 55.5 Å². The highest BCUT2D eigenvalue weighted by molar-refractivity contribution is 5.15. The van der Waals surface area contributed by atoms with Crippen molar-refractivity contribution in [2.45, 2.75) is 51.9 Å². The molecule has 0 saturated heterocycles. The van der Waals surface area contributed by atoms with Gasteiger partial charge in [-0.25, -0.2) is 0 Å². The first-order valence-electron chi connectivity index (χ1n) is 6.86. The maximum atomic E-state index is 3.83. The molecule has 0 bridgehead atoms. The zero-order valence-corrected chi connectivity index (χ0v) is 11.3. The first-order valence-corrected chi connectivity index (χ1v) is 6.86. The molecule has 0 aromatic rings. The molecule has 0 heterocycles. The van der Waals surface area contributed by atoms with E-state index in [1.165, 1.54) is 38.5 Å². The third-order valence-electron chi connectivity index (χ3n) is 2.42. The molecular formula is C17H27. The molecule has 0 nitrogen and oxygen atoms in total. The van der Waals surface area contributed by atoms with Gasteiger partial charge in [-0.15, -0.1) is 0 Å². The van der Waals surface area contributed by atoms with E-state index in [1.54, 1.807) is 0 Å². The Hall–Kier alpha value is -1.04. The second-order valence-electron chi connectivity index (χ2n) is 4.12. The van der Waals surface area contributed by atoms with Crippen LogP contribution in [0.2, 0.25) is 0 Å². The van der Waals surface area contributed by atoms with E-state index in [-0.39, 0.29) is 0 Å². The zero-order valence-electron chi connectivity index (χ0n) is 11.3. The van der Waals surface area contributed by atoms with Crippen molar-refractivity contribution in [1.29, 1.82) is 0 Å². The topological polar surface area (TPSA) is 0 Å². The van der Waals surface area contributed by atoms with Gasteiger partial charge in [-0.05, 0) is 19.3 Å². The van der Waals surface area contributed by atoms with Crippen LogP contribution in [0, 0.1) is 6.92 Å².